The van der Waals surface area contributed by atoms with Crippen LogP contribution in [-0.4, -0.2) is 63.5 Å². The maximum Gasteiger partial charge on any atom is 0.232 e. The van der Waals surface area contributed by atoms with Gasteiger partial charge in [-0.1, -0.05) is 59.8 Å². The van der Waals surface area contributed by atoms with Gasteiger partial charge in [-0.15, -0.1) is 10.2 Å². The van der Waals surface area contributed by atoms with Gasteiger partial charge >= 0.3 is 0 Å². The summed E-state index contributed by atoms with van der Waals surface area (Å²) in [6.07, 6.45) is 4.60. The van der Waals surface area contributed by atoms with E-state index in [2.05, 4.69) is 85.3 Å². The normalized spacial score (nSPS) is 18.7. The molecule has 1 atom stereocenters. The molecule has 0 radical (unpaired) electrons. The number of carbonyl (C=O) groups is 1. The topological polar surface area (TPSA) is 66.3 Å². The SMILES string of the molecule is Cc1ccc(-n2c(SCC(=O)NC3CCN(Cc4ccccc4)C3)nnc2N2CCCCC2)cc1. The van der Waals surface area contributed by atoms with Crippen molar-refractivity contribution < 1.29 is 4.79 Å². The van der Waals surface area contributed by atoms with E-state index in [1.54, 1.807) is 0 Å². The molecular formula is C27H34N6OS. The Kier molecular flexibility index (Phi) is 7.69. The lowest BCUT2D eigenvalue weighted by molar-refractivity contribution is -0.119. The lowest BCUT2D eigenvalue weighted by Gasteiger charge is -2.27. The average molecular weight is 491 g/mol. The Balaban J connectivity index is 1.21. The molecule has 184 valence electrons. The van der Waals surface area contributed by atoms with Crippen molar-refractivity contribution in [2.75, 3.05) is 36.8 Å². The third-order valence-electron chi connectivity index (χ3n) is 6.77. The first-order chi connectivity index (χ1) is 17.2. The number of hydrogen-bond acceptors (Lipinski definition) is 6. The highest BCUT2D eigenvalue weighted by atomic mass is 32.2. The number of hydrogen-bond donors (Lipinski definition) is 1. The largest absolute Gasteiger partial charge is 0.351 e. The van der Waals surface area contributed by atoms with E-state index in [4.69, 9.17) is 0 Å². The Morgan fingerprint density at radius 3 is 2.54 bits per heavy atom. The highest BCUT2D eigenvalue weighted by Crippen LogP contribution is 2.28. The van der Waals surface area contributed by atoms with Crippen molar-refractivity contribution in [2.45, 2.75) is 50.4 Å². The fraction of sp³-hybridized carbons (Fsp3) is 0.444. The third-order valence-corrected chi connectivity index (χ3v) is 7.70. The van der Waals surface area contributed by atoms with Crippen molar-refractivity contribution >= 4 is 23.6 Å². The minimum absolute atomic E-state index is 0.0551. The molecule has 3 aromatic rings. The van der Waals surface area contributed by atoms with Crippen LogP contribution in [0.4, 0.5) is 5.95 Å². The summed E-state index contributed by atoms with van der Waals surface area (Å²) in [7, 11) is 0. The molecule has 35 heavy (non-hydrogen) atoms. The van der Waals surface area contributed by atoms with Gasteiger partial charge in [0.2, 0.25) is 11.9 Å². The van der Waals surface area contributed by atoms with Crippen LogP contribution in [0.5, 0.6) is 0 Å². The molecule has 0 spiro atoms. The van der Waals surface area contributed by atoms with Gasteiger partial charge in [0.25, 0.3) is 0 Å². The van der Waals surface area contributed by atoms with Gasteiger partial charge in [-0.2, -0.15) is 0 Å². The van der Waals surface area contributed by atoms with E-state index in [9.17, 15) is 4.79 Å². The second-order valence-corrected chi connectivity index (χ2v) is 10.5. The molecule has 1 amide bonds. The third kappa shape index (κ3) is 6.05. The van der Waals surface area contributed by atoms with Crippen LogP contribution in [0.1, 0.15) is 36.8 Å². The summed E-state index contributed by atoms with van der Waals surface area (Å²) in [6.45, 7) is 6.91. The van der Waals surface area contributed by atoms with E-state index in [0.29, 0.717) is 5.75 Å². The van der Waals surface area contributed by atoms with E-state index >= 15 is 0 Å². The van der Waals surface area contributed by atoms with Crippen LogP contribution >= 0.6 is 11.8 Å². The van der Waals surface area contributed by atoms with Crippen molar-refractivity contribution in [3.63, 3.8) is 0 Å². The predicted molar refractivity (Wildman–Crippen MR) is 141 cm³/mol. The van der Waals surface area contributed by atoms with E-state index in [1.807, 2.05) is 6.07 Å². The number of rotatable bonds is 8. The zero-order chi connectivity index (χ0) is 24.0. The first kappa shape index (κ1) is 23.9. The summed E-state index contributed by atoms with van der Waals surface area (Å²) in [5.74, 6) is 1.27. The number of piperidine rings is 1. The lowest BCUT2D eigenvalue weighted by atomic mass is 10.1. The zero-order valence-electron chi connectivity index (χ0n) is 20.4. The monoisotopic (exact) mass is 490 g/mol. The highest BCUT2D eigenvalue weighted by Gasteiger charge is 2.25. The Morgan fingerprint density at radius 2 is 1.77 bits per heavy atom. The number of anilines is 1. The Labute approximate surface area is 211 Å². The Morgan fingerprint density at radius 1 is 1.00 bits per heavy atom. The van der Waals surface area contributed by atoms with Crippen LogP contribution in [0.15, 0.2) is 59.8 Å². The number of thioether (sulfide) groups is 1. The molecule has 8 heteroatoms. The number of aryl methyl sites for hydroxylation is 1. The first-order valence-electron chi connectivity index (χ1n) is 12.6. The Bertz CT molecular complexity index is 1110. The molecule has 2 aromatic carbocycles. The van der Waals surface area contributed by atoms with Gasteiger partial charge in [0.05, 0.1) is 11.4 Å². The maximum absolute atomic E-state index is 12.8. The van der Waals surface area contributed by atoms with Gasteiger partial charge in [-0.25, -0.2) is 0 Å². The van der Waals surface area contributed by atoms with Crippen molar-refractivity contribution in [3.05, 3.63) is 65.7 Å². The molecule has 2 saturated heterocycles. The van der Waals surface area contributed by atoms with Crippen LogP contribution in [0, 0.1) is 6.92 Å². The number of likely N-dealkylation sites (tertiary alicyclic amines) is 1. The number of nitrogens with one attached hydrogen (secondary N) is 1. The van der Waals surface area contributed by atoms with Gasteiger partial charge in [0, 0.05) is 38.8 Å². The molecule has 0 aliphatic carbocycles. The molecule has 0 saturated carbocycles. The number of amides is 1. The van der Waals surface area contributed by atoms with E-state index in [-0.39, 0.29) is 11.9 Å². The molecule has 1 aromatic heterocycles. The summed E-state index contributed by atoms with van der Waals surface area (Å²) >= 11 is 1.46. The molecule has 2 aliphatic rings. The predicted octanol–water partition coefficient (Wildman–Crippen LogP) is 4.05. The highest BCUT2D eigenvalue weighted by molar-refractivity contribution is 7.99. The van der Waals surface area contributed by atoms with Crippen molar-refractivity contribution in [1.82, 2.24) is 25.0 Å². The maximum atomic E-state index is 12.8. The summed E-state index contributed by atoms with van der Waals surface area (Å²) in [4.78, 5) is 17.5. The average Bonchev–Trinajstić information content (AvgIpc) is 3.51. The fourth-order valence-corrected chi connectivity index (χ4v) is 5.67. The van der Waals surface area contributed by atoms with Crippen molar-refractivity contribution in [3.8, 4) is 5.69 Å². The number of benzene rings is 2. The van der Waals surface area contributed by atoms with Crippen LogP contribution in [0.3, 0.4) is 0 Å². The second kappa shape index (κ2) is 11.3. The van der Waals surface area contributed by atoms with Gasteiger partial charge in [0.15, 0.2) is 5.16 Å². The summed E-state index contributed by atoms with van der Waals surface area (Å²) in [5, 5.41) is 13.0. The zero-order valence-corrected chi connectivity index (χ0v) is 21.2. The number of nitrogens with zero attached hydrogens (tertiary/aromatic N) is 5. The quantitative estimate of drug-likeness (QED) is 0.481. The molecule has 2 fully saturated rings. The van der Waals surface area contributed by atoms with Gasteiger partial charge in [-0.05, 0) is 50.3 Å². The standard InChI is InChI=1S/C27H34N6OS/c1-21-10-12-24(13-11-21)33-26(32-15-6-3-7-16-32)29-30-27(33)35-20-25(34)28-23-14-17-31(19-23)18-22-8-4-2-5-9-22/h2,4-5,8-13,23H,3,6-7,14-20H2,1H3,(H,28,34). The summed E-state index contributed by atoms with van der Waals surface area (Å²) in [5.41, 5.74) is 3.57. The van der Waals surface area contributed by atoms with Crippen molar-refractivity contribution in [1.29, 1.82) is 0 Å². The van der Waals surface area contributed by atoms with Gasteiger partial charge in [0.1, 0.15) is 0 Å². The molecule has 7 nitrogen and oxygen atoms in total. The minimum Gasteiger partial charge on any atom is -0.351 e. The van der Waals surface area contributed by atoms with Crippen molar-refractivity contribution in [2.24, 2.45) is 0 Å². The first-order valence-corrected chi connectivity index (χ1v) is 13.6. The molecule has 1 unspecified atom stereocenters. The summed E-state index contributed by atoms with van der Waals surface area (Å²) < 4.78 is 2.11. The second-order valence-electron chi connectivity index (χ2n) is 9.56. The molecule has 5 rings (SSSR count). The van der Waals surface area contributed by atoms with E-state index in [0.717, 1.165) is 55.9 Å². The van der Waals surface area contributed by atoms with E-state index < -0.39 is 0 Å². The minimum atomic E-state index is 0.0551. The fourth-order valence-electron chi connectivity index (χ4n) is 4.91. The number of carbonyl (C=O) groups excluding carboxylic acids is 1. The van der Waals surface area contributed by atoms with Crippen LogP contribution in [-0.2, 0) is 11.3 Å². The summed E-state index contributed by atoms with van der Waals surface area (Å²) in [6, 6.07) is 19.1. The van der Waals surface area contributed by atoms with Crippen LogP contribution in [0.25, 0.3) is 5.69 Å². The van der Waals surface area contributed by atoms with Crippen LogP contribution in [0.2, 0.25) is 0 Å². The molecule has 2 aliphatic heterocycles. The molecule has 0 bridgehead atoms. The molecule has 1 N–H and O–H groups in total. The number of aromatic nitrogens is 3. The van der Waals surface area contributed by atoms with Gasteiger partial charge < -0.3 is 10.2 Å². The molecular weight excluding hydrogens is 456 g/mol. The Hall–Kier alpha value is -2.84. The molecule has 3 heterocycles. The van der Waals surface area contributed by atoms with Gasteiger partial charge in [-0.3, -0.25) is 14.3 Å². The van der Waals surface area contributed by atoms with Crippen LogP contribution < -0.4 is 10.2 Å². The van der Waals surface area contributed by atoms with E-state index in [1.165, 1.54) is 42.2 Å². The smallest absolute Gasteiger partial charge is 0.232 e. The lowest BCUT2D eigenvalue weighted by Crippen LogP contribution is -2.38.